The zero-order valence-electron chi connectivity index (χ0n) is 15.5. The average Bonchev–Trinajstić information content (AvgIpc) is 2.68. The van der Waals surface area contributed by atoms with Crippen molar-refractivity contribution in [2.75, 3.05) is 32.8 Å². The van der Waals surface area contributed by atoms with Crippen LogP contribution in [0, 0.1) is 6.92 Å². The predicted octanol–water partition coefficient (Wildman–Crippen LogP) is 3.28. The van der Waals surface area contributed by atoms with Crippen LogP contribution in [0.15, 0.2) is 48.7 Å². The highest BCUT2D eigenvalue weighted by Crippen LogP contribution is 2.12. The van der Waals surface area contributed by atoms with Gasteiger partial charge in [-0.1, -0.05) is 30.3 Å². The van der Waals surface area contributed by atoms with Gasteiger partial charge in [-0.05, 0) is 36.3 Å². The smallest absolute Gasteiger partial charge is 0.407 e. The van der Waals surface area contributed by atoms with Gasteiger partial charge in [-0.3, -0.25) is 9.88 Å². The molecular weight excluding hydrogens is 342 g/mol. The first-order chi connectivity index (χ1) is 13.1. The van der Waals surface area contributed by atoms with Crippen molar-refractivity contribution in [2.24, 2.45) is 0 Å². The quantitative estimate of drug-likeness (QED) is 0.849. The molecule has 0 saturated carbocycles. The van der Waals surface area contributed by atoms with Gasteiger partial charge in [-0.25, -0.2) is 4.79 Å². The number of ether oxygens (including phenoxy) is 1. The fourth-order valence-corrected chi connectivity index (χ4v) is 2.96. The van der Waals surface area contributed by atoms with Gasteiger partial charge < -0.3 is 14.7 Å². The number of amides is 1. The maximum atomic E-state index is 10.9. The molecule has 0 spiro atoms. The Morgan fingerprint density at radius 2 is 1.89 bits per heavy atom. The van der Waals surface area contributed by atoms with Gasteiger partial charge in [0.15, 0.2) is 0 Å². The van der Waals surface area contributed by atoms with Crippen LogP contribution in [0.3, 0.4) is 0 Å². The molecule has 1 aliphatic heterocycles. The SMILES string of the molecule is Cc1ccc(OCC=Cc2ccc(CN3CCN(C(=O)O)CC3)cc2)cn1. The zero-order chi connectivity index (χ0) is 19.1. The molecule has 0 bridgehead atoms. The summed E-state index contributed by atoms with van der Waals surface area (Å²) in [4.78, 5) is 18.9. The van der Waals surface area contributed by atoms with Gasteiger partial charge >= 0.3 is 6.09 Å². The lowest BCUT2D eigenvalue weighted by Gasteiger charge is -2.33. The first-order valence-corrected chi connectivity index (χ1v) is 9.11. The van der Waals surface area contributed by atoms with Crippen molar-refractivity contribution < 1.29 is 14.6 Å². The van der Waals surface area contributed by atoms with Crippen LogP contribution in [0.2, 0.25) is 0 Å². The van der Waals surface area contributed by atoms with Gasteiger partial charge in [0, 0.05) is 38.4 Å². The van der Waals surface area contributed by atoms with E-state index in [1.807, 2.05) is 31.2 Å². The van der Waals surface area contributed by atoms with Crippen LogP contribution in [0.25, 0.3) is 6.08 Å². The maximum absolute atomic E-state index is 10.9. The number of nitrogens with zero attached hydrogens (tertiary/aromatic N) is 3. The summed E-state index contributed by atoms with van der Waals surface area (Å²) in [5.41, 5.74) is 3.33. The topological polar surface area (TPSA) is 65.9 Å². The number of rotatable bonds is 6. The summed E-state index contributed by atoms with van der Waals surface area (Å²) < 4.78 is 5.63. The number of hydrogen-bond donors (Lipinski definition) is 1. The second-order valence-electron chi connectivity index (χ2n) is 6.64. The second-order valence-corrected chi connectivity index (χ2v) is 6.64. The molecule has 0 unspecified atom stereocenters. The molecular formula is C21H25N3O3. The molecule has 1 amide bonds. The Labute approximate surface area is 159 Å². The number of benzene rings is 1. The fraction of sp³-hybridized carbons (Fsp3) is 0.333. The Kier molecular flexibility index (Phi) is 6.44. The summed E-state index contributed by atoms with van der Waals surface area (Å²) in [5, 5.41) is 9.00. The number of piperazine rings is 1. The van der Waals surface area contributed by atoms with E-state index in [0.717, 1.165) is 36.6 Å². The van der Waals surface area contributed by atoms with E-state index in [0.29, 0.717) is 19.7 Å². The second kappa shape index (κ2) is 9.19. The number of aromatic nitrogens is 1. The van der Waals surface area contributed by atoms with Gasteiger partial charge in [-0.2, -0.15) is 0 Å². The molecule has 1 N–H and O–H groups in total. The fourth-order valence-electron chi connectivity index (χ4n) is 2.96. The predicted molar refractivity (Wildman–Crippen MR) is 105 cm³/mol. The van der Waals surface area contributed by atoms with E-state index in [4.69, 9.17) is 9.84 Å². The minimum atomic E-state index is -0.826. The molecule has 142 valence electrons. The van der Waals surface area contributed by atoms with E-state index < -0.39 is 6.09 Å². The first-order valence-electron chi connectivity index (χ1n) is 9.11. The van der Waals surface area contributed by atoms with E-state index in [-0.39, 0.29) is 0 Å². The standard InChI is InChI=1S/C21H25N3O3/c1-17-4-9-20(15-22-17)27-14-2-3-18-5-7-19(8-6-18)16-23-10-12-24(13-11-23)21(25)26/h2-9,15H,10-14,16H2,1H3,(H,25,26). The largest absolute Gasteiger partial charge is 0.488 e. The number of aryl methyl sites for hydroxylation is 1. The molecule has 2 heterocycles. The number of pyridine rings is 1. The van der Waals surface area contributed by atoms with Crippen LogP contribution in [0.1, 0.15) is 16.8 Å². The van der Waals surface area contributed by atoms with Crippen molar-refractivity contribution in [3.05, 3.63) is 65.5 Å². The minimum Gasteiger partial charge on any atom is -0.488 e. The molecule has 6 heteroatoms. The Morgan fingerprint density at radius 3 is 2.52 bits per heavy atom. The van der Waals surface area contributed by atoms with E-state index in [1.54, 1.807) is 6.20 Å². The van der Waals surface area contributed by atoms with Crippen LogP contribution in [-0.2, 0) is 6.54 Å². The van der Waals surface area contributed by atoms with Gasteiger partial charge in [0.05, 0.1) is 6.20 Å². The molecule has 0 aliphatic carbocycles. The van der Waals surface area contributed by atoms with Crippen molar-refractivity contribution in [3.63, 3.8) is 0 Å². The lowest BCUT2D eigenvalue weighted by molar-refractivity contribution is 0.103. The summed E-state index contributed by atoms with van der Waals surface area (Å²) in [6.45, 7) is 6.00. The molecule has 6 nitrogen and oxygen atoms in total. The third-order valence-corrected chi connectivity index (χ3v) is 4.57. The molecule has 3 rings (SSSR count). The highest BCUT2D eigenvalue weighted by molar-refractivity contribution is 5.65. The number of carbonyl (C=O) groups is 1. The Bertz CT molecular complexity index is 764. The van der Waals surface area contributed by atoms with E-state index in [1.165, 1.54) is 10.5 Å². The van der Waals surface area contributed by atoms with Crippen molar-refractivity contribution in [2.45, 2.75) is 13.5 Å². The summed E-state index contributed by atoms with van der Waals surface area (Å²) >= 11 is 0. The third-order valence-electron chi connectivity index (χ3n) is 4.57. The molecule has 0 radical (unpaired) electrons. The van der Waals surface area contributed by atoms with Crippen molar-refractivity contribution in [1.82, 2.24) is 14.8 Å². The van der Waals surface area contributed by atoms with Gasteiger partial charge in [0.2, 0.25) is 0 Å². The highest BCUT2D eigenvalue weighted by Gasteiger charge is 2.20. The molecule has 1 fully saturated rings. The lowest BCUT2D eigenvalue weighted by atomic mass is 10.1. The average molecular weight is 367 g/mol. The van der Waals surface area contributed by atoms with Crippen LogP contribution >= 0.6 is 0 Å². The Balaban J connectivity index is 1.43. The summed E-state index contributed by atoms with van der Waals surface area (Å²) in [6, 6.07) is 12.3. The minimum absolute atomic E-state index is 0.500. The Hall–Kier alpha value is -2.86. The third kappa shape index (κ3) is 5.82. The van der Waals surface area contributed by atoms with Gasteiger partial charge in [-0.15, -0.1) is 0 Å². The molecule has 1 saturated heterocycles. The van der Waals surface area contributed by atoms with Crippen molar-refractivity contribution >= 4 is 12.2 Å². The summed E-state index contributed by atoms with van der Waals surface area (Å²) in [6.07, 6.45) is 4.93. The number of hydrogen-bond acceptors (Lipinski definition) is 4. The van der Waals surface area contributed by atoms with E-state index >= 15 is 0 Å². The van der Waals surface area contributed by atoms with Crippen LogP contribution < -0.4 is 4.74 Å². The lowest BCUT2D eigenvalue weighted by Crippen LogP contribution is -2.47. The van der Waals surface area contributed by atoms with E-state index in [9.17, 15) is 4.79 Å². The summed E-state index contributed by atoms with van der Waals surface area (Å²) in [7, 11) is 0. The van der Waals surface area contributed by atoms with Crippen LogP contribution in [0.5, 0.6) is 5.75 Å². The number of carboxylic acid groups (broad SMARTS) is 1. The van der Waals surface area contributed by atoms with Crippen molar-refractivity contribution in [1.29, 1.82) is 0 Å². The molecule has 1 aromatic carbocycles. The first kappa shape index (κ1) is 18.9. The summed E-state index contributed by atoms with van der Waals surface area (Å²) in [5.74, 6) is 0.767. The Morgan fingerprint density at radius 1 is 1.15 bits per heavy atom. The maximum Gasteiger partial charge on any atom is 0.407 e. The molecule has 1 aromatic heterocycles. The molecule has 27 heavy (non-hydrogen) atoms. The zero-order valence-corrected chi connectivity index (χ0v) is 15.5. The van der Waals surface area contributed by atoms with Crippen molar-refractivity contribution in [3.8, 4) is 5.75 Å². The van der Waals surface area contributed by atoms with Gasteiger partial charge in [0.25, 0.3) is 0 Å². The molecule has 1 aliphatic rings. The highest BCUT2D eigenvalue weighted by atomic mass is 16.5. The monoisotopic (exact) mass is 367 g/mol. The van der Waals surface area contributed by atoms with Crippen LogP contribution in [0.4, 0.5) is 4.79 Å². The molecule has 0 atom stereocenters. The van der Waals surface area contributed by atoms with Gasteiger partial charge in [0.1, 0.15) is 12.4 Å². The van der Waals surface area contributed by atoms with Crippen LogP contribution in [-0.4, -0.2) is 58.8 Å². The van der Waals surface area contributed by atoms with E-state index in [2.05, 4.69) is 34.1 Å². The molecule has 2 aromatic rings. The normalized spacial score (nSPS) is 15.2.